The SMILES string of the molecule is Cc1cccc2nc(CN3CCN(CCO)CC3)cn12. The van der Waals surface area contributed by atoms with Crippen molar-refractivity contribution in [1.29, 1.82) is 0 Å². The van der Waals surface area contributed by atoms with Gasteiger partial charge >= 0.3 is 0 Å². The fourth-order valence-electron chi connectivity index (χ4n) is 2.82. The smallest absolute Gasteiger partial charge is 0.137 e. The molecule has 0 spiro atoms. The van der Waals surface area contributed by atoms with Gasteiger partial charge in [0.15, 0.2) is 0 Å². The Labute approximate surface area is 119 Å². The van der Waals surface area contributed by atoms with Crippen LogP contribution in [0.25, 0.3) is 5.65 Å². The molecule has 3 rings (SSSR count). The molecule has 0 aliphatic carbocycles. The lowest BCUT2D eigenvalue weighted by atomic mass is 10.3. The summed E-state index contributed by atoms with van der Waals surface area (Å²) in [6.45, 7) is 8.23. The van der Waals surface area contributed by atoms with E-state index in [1.165, 1.54) is 5.69 Å². The molecule has 0 amide bonds. The first-order valence-corrected chi connectivity index (χ1v) is 7.25. The molecule has 0 saturated carbocycles. The molecule has 20 heavy (non-hydrogen) atoms. The van der Waals surface area contributed by atoms with Crippen LogP contribution in [0.4, 0.5) is 0 Å². The van der Waals surface area contributed by atoms with Crippen molar-refractivity contribution >= 4 is 5.65 Å². The van der Waals surface area contributed by atoms with Crippen molar-refractivity contribution in [2.75, 3.05) is 39.3 Å². The lowest BCUT2D eigenvalue weighted by Crippen LogP contribution is -2.46. The van der Waals surface area contributed by atoms with Crippen molar-refractivity contribution in [3.63, 3.8) is 0 Å². The second kappa shape index (κ2) is 5.91. The number of aryl methyl sites for hydroxylation is 1. The number of pyridine rings is 1. The molecule has 0 bridgehead atoms. The van der Waals surface area contributed by atoms with Crippen LogP contribution in [0.3, 0.4) is 0 Å². The number of aromatic nitrogens is 2. The molecule has 0 aromatic carbocycles. The highest BCUT2D eigenvalue weighted by Gasteiger charge is 2.17. The maximum atomic E-state index is 8.96. The van der Waals surface area contributed by atoms with Crippen molar-refractivity contribution < 1.29 is 5.11 Å². The summed E-state index contributed by atoms with van der Waals surface area (Å²) in [4.78, 5) is 9.44. The first-order chi connectivity index (χ1) is 9.76. The molecule has 1 fully saturated rings. The average molecular weight is 274 g/mol. The van der Waals surface area contributed by atoms with Crippen molar-refractivity contribution in [2.45, 2.75) is 13.5 Å². The van der Waals surface area contributed by atoms with Crippen LogP contribution < -0.4 is 0 Å². The normalized spacial score (nSPS) is 17.9. The number of imidazole rings is 1. The Morgan fingerprint density at radius 3 is 2.60 bits per heavy atom. The fraction of sp³-hybridized carbons (Fsp3) is 0.533. The monoisotopic (exact) mass is 274 g/mol. The highest BCUT2D eigenvalue weighted by Crippen LogP contribution is 2.11. The second-order valence-electron chi connectivity index (χ2n) is 5.47. The minimum absolute atomic E-state index is 0.256. The number of fused-ring (bicyclic) bond motifs is 1. The van der Waals surface area contributed by atoms with E-state index in [0.717, 1.165) is 50.6 Å². The molecule has 0 unspecified atom stereocenters. The maximum Gasteiger partial charge on any atom is 0.137 e. The predicted molar refractivity (Wildman–Crippen MR) is 78.7 cm³/mol. The van der Waals surface area contributed by atoms with Crippen molar-refractivity contribution in [3.8, 4) is 0 Å². The lowest BCUT2D eigenvalue weighted by Gasteiger charge is -2.33. The van der Waals surface area contributed by atoms with Crippen LogP contribution in [0.5, 0.6) is 0 Å². The molecule has 5 heteroatoms. The minimum atomic E-state index is 0.256. The molecule has 1 N–H and O–H groups in total. The van der Waals surface area contributed by atoms with E-state index in [4.69, 9.17) is 10.1 Å². The van der Waals surface area contributed by atoms with E-state index in [0.29, 0.717) is 0 Å². The van der Waals surface area contributed by atoms with Gasteiger partial charge in [-0.3, -0.25) is 9.80 Å². The molecular formula is C15H22N4O. The number of β-amino-alcohol motifs (C(OH)–C–C–N with tert-alkyl or cyclic N) is 1. The van der Waals surface area contributed by atoms with E-state index < -0.39 is 0 Å². The van der Waals surface area contributed by atoms with Crippen LogP contribution in [0, 0.1) is 6.92 Å². The van der Waals surface area contributed by atoms with Gasteiger partial charge in [-0.1, -0.05) is 6.07 Å². The maximum absolute atomic E-state index is 8.96. The third kappa shape index (κ3) is 2.85. The Morgan fingerprint density at radius 1 is 1.15 bits per heavy atom. The Bertz CT molecular complexity index is 572. The van der Waals surface area contributed by atoms with E-state index in [-0.39, 0.29) is 6.61 Å². The number of rotatable bonds is 4. The van der Waals surface area contributed by atoms with Crippen LogP contribution in [0.2, 0.25) is 0 Å². The highest BCUT2D eigenvalue weighted by molar-refractivity contribution is 5.41. The zero-order chi connectivity index (χ0) is 13.9. The molecule has 0 atom stereocenters. The van der Waals surface area contributed by atoms with Crippen LogP contribution >= 0.6 is 0 Å². The number of nitrogens with zero attached hydrogens (tertiary/aromatic N) is 4. The molecule has 2 aromatic rings. The second-order valence-corrected chi connectivity index (χ2v) is 5.47. The summed E-state index contributed by atoms with van der Waals surface area (Å²) in [6, 6.07) is 6.21. The van der Waals surface area contributed by atoms with E-state index in [2.05, 4.69) is 45.5 Å². The third-order valence-electron chi connectivity index (χ3n) is 4.01. The van der Waals surface area contributed by atoms with Gasteiger partial charge in [0.1, 0.15) is 5.65 Å². The van der Waals surface area contributed by atoms with Gasteiger partial charge in [-0.2, -0.15) is 0 Å². The molecule has 1 aliphatic rings. The predicted octanol–water partition coefficient (Wildman–Crippen LogP) is 0.753. The van der Waals surface area contributed by atoms with E-state index >= 15 is 0 Å². The molecule has 5 nitrogen and oxygen atoms in total. The van der Waals surface area contributed by atoms with E-state index in [9.17, 15) is 0 Å². The first kappa shape index (κ1) is 13.5. The average Bonchev–Trinajstić information content (AvgIpc) is 2.85. The van der Waals surface area contributed by atoms with Crippen molar-refractivity contribution in [3.05, 3.63) is 35.8 Å². The van der Waals surface area contributed by atoms with E-state index in [1.54, 1.807) is 0 Å². The van der Waals surface area contributed by atoms with Crippen LogP contribution in [0.1, 0.15) is 11.4 Å². The molecular weight excluding hydrogens is 252 g/mol. The zero-order valence-corrected chi connectivity index (χ0v) is 12.0. The molecule has 108 valence electrons. The summed E-state index contributed by atoms with van der Waals surface area (Å²) < 4.78 is 2.15. The van der Waals surface area contributed by atoms with E-state index in [1.807, 2.05) is 0 Å². The number of aliphatic hydroxyl groups is 1. The van der Waals surface area contributed by atoms with Crippen LogP contribution in [0.15, 0.2) is 24.4 Å². The fourth-order valence-corrected chi connectivity index (χ4v) is 2.82. The van der Waals surface area contributed by atoms with Gasteiger partial charge in [0.25, 0.3) is 0 Å². The Morgan fingerprint density at radius 2 is 1.90 bits per heavy atom. The quantitative estimate of drug-likeness (QED) is 0.894. The summed E-state index contributed by atoms with van der Waals surface area (Å²) in [6.07, 6.45) is 2.14. The van der Waals surface area contributed by atoms with Gasteiger partial charge in [-0.15, -0.1) is 0 Å². The topological polar surface area (TPSA) is 44.0 Å². The molecule has 2 aromatic heterocycles. The number of aliphatic hydroxyl groups excluding tert-OH is 1. The van der Waals surface area contributed by atoms with Gasteiger partial charge in [0, 0.05) is 51.2 Å². The van der Waals surface area contributed by atoms with Gasteiger partial charge in [-0.25, -0.2) is 4.98 Å². The summed E-state index contributed by atoms with van der Waals surface area (Å²) in [5, 5.41) is 8.96. The number of hydrogen-bond donors (Lipinski definition) is 1. The Balaban J connectivity index is 1.64. The van der Waals surface area contributed by atoms with Crippen LogP contribution in [-0.4, -0.2) is 63.6 Å². The third-order valence-corrected chi connectivity index (χ3v) is 4.01. The van der Waals surface area contributed by atoms with Crippen molar-refractivity contribution in [2.24, 2.45) is 0 Å². The first-order valence-electron chi connectivity index (χ1n) is 7.25. The number of piperazine rings is 1. The van der Waals surface area contributed by atoms with Crippen LogP contribution in [-0.2, 0) is 6.54 Å². The standard InChI is InChI=1S/C15H22N4O/c1-13-3-2-4-15-16-14(12-19(13)15)11-18-7-5-17(6-8-18)9-10-20/h2-4,12,20H,5-11H2,1H3. The molecule has 1 aliphatic heterocycles. The Kier molecular flexibility index (Phi) is 4.00. The van der Waals surface area contributed by atoms with Gasteiger partial charge < -0.3 is 9.51 Å². The summed E-state index contributed by atoms with van der Waals surface area (Å²) in [5.74, 6) is 0. The minimum Gasteiger partial charge on any atom is -0.395 e. The zero-order valence-electron chi connectivity index (χ0n) is 12.0. The molecule has 1 saturated heterocycles. The molecule has 0 radical (unpaired) electrons. The van der Waals surface area contributed by atoms with Crippen molar-refractivity contribution in [1.82, 2.24) is 19.2 Å². The molecule has 3 heterocycles. The lowest BCUT2D eigenvalue weighted by molar-refractivity contribution is 0.108. The largest absolute Gasteiger partial charge is 0.395 e. The van der Waals surface area contributed by atoms with Gasteiger partial charge in [0.05, 0.1) is 12.3 Å². The summed E-state index contributed by atoms with van der Waals surface area (Å²) in [5.41, 5.74) is 3.38. The van der Waals surface area contributed by atoms with Gasteiger partial charge in [-0.05, 0) is 19.1 Å². The number of hydrogen-bond acceptors (Lipinski definition) is 4. The van der Waals surface area contributed by atoms with Gasteiger partial charge in [0.2, 0.25) is 0 Å². The summed E-state index contributed by atoms with van der Waals surface area (Å²) in [7, 11) is 0. The summed E-state index contributed by atoms with van der Waals surface area (Å²) >= 11 is 0. The highest BCUT2D eigenvalue weighted by atomic mass is 16.3. The Hall–Kier alpha value is -1.43.